The Morgan fingerprint density at radius 2 is 0.553 bits per heavy atom. The second-order valence-corrected chi connectivity index (χ2v) is 16.5. The van der Waals surface area contributed by atoms with Crippen molar-refractivity contribution in [1.82, 2.24) is 0 Å². The molecule has 0 unspecified atom stereocenters. The molecule has 0 aromatic carbocycles. The van der Waals surface area contributed by atoms with Gasteiger partial charge >= 0.3 is 0 Å². The summed E-state index contributed by atoms with van der Waals surface area (Å²) >= 11 is 0. The van der Waals surface area contributed by atoms with E-state index in [1.807, 2.05) is 0 Å². The van der Waals surface area contributed by atoms with Crippen LogP contribution in [0.3, 0.4) is 0 Å². The van der Waals surface area contributed by atoms with Gasteiger partial charge in [-0.2, -0.15) is 0 Å². The second-order valence-electron chi connectivity index (χ2n) is 11.7. The molecule has 0 aliphatic heterocycles. The molecule has 282 valence electrons. The third kappa shape index (κ3) is 35.1. The van der Waals surface area contributed by atoms with Crippen LogP contribution in [0.1, 0.15) is 20.8 Å². The Labute approximate surface area is 286 Å². The number of hydrogen-bond donors (Lipinski definition) is 0. The van der Waals surface area contributed by atoms with Crippen LogP contribution in [-0.2, 0) is 61.3 Å². The lowest BCUT2D eigenvalue weighted by molar-refractivity contribution is -0.0284. The van der Waals surface area contributed by atoms with Gasteiger partial charge in [0, 0.05) is 0 Å². The van der Waals surface area contributed by atoms with Crippen molar-refractivity contribution >= 4 is 8.32 Å². The Balaban J connectivity index is 3.11. The molecule has 0 atom stereocenters. The first-order valence-corrected chi connectivity index (χ1v) is 19.9. The van der Waals surface area contributed by atoms with Crippen LogP contribution in [0.15, 0.2) is 12.7 Å². The highest BCUT2D eigenvalue weighted by Crippen LogP contribution is 2.36. The summed E-state index contributed by atoms with van der Waals surface area (Å²) in [5, 5.41) is 0.217. The lowest BCUT2D eigenvalue weighted by Crippen LogP contribution is -2.41. The fraction of sp³-hybridized carbons (Fsp3) is 0.939. The molecule has 13 nitrogen and oxygen atoms in total. The smallest absolute Gasteiger partial charge is 0.192 e. The van der Waals surface area contributed by atoms with Crippen molar-refractivity contribution in [1.29, 1.82) is 0 Å². The van der Waals surface area contributed by atoms with E-state index in [-0.39, 0.29) is 5.04 Å². The number of hydrogen-bond acceptors (Lipinski definition) is 13. The van der Waals surface area contributed by atoms with Gasteiger partial charge in [0.15, 0.2) is 8.32 Å². The predicted molar refractivity (Wildman–Crippen MR) is 183 cm³/mol. The van der Waals surface area contributed by atoms with E-state index >= 15 is 0 Å². The SMILES string of the molecule is C=CCOCCOCCOCCOCCOCCOCCOCCOCCOCCOCCOCCOCCO[Si](C)(C)C(C)(C)C. The molecule has 0 aromatic heterocycles. The molecule has 0 fully saturated rings. The minimum Gasteiger partial charge on any atom is -0.414 e. The first kappa shape index (κ1) is 46.4. The van der Waals surface area contributed by atoms with Crippen molar-refractivity contribution in [2.45, 2.75) is 38.9 Å². The topological polar surface area (TPSA) is 120 Å². The van der Waals surface area contributed by atoms with Crippen molar-refractivity contribution < 1.29 is 61.3 Å². The maximum absolute atomic E-state index is 6.08. The Kier molecular flexibility index (Phi) is 34.8. The van der Waals surface area contributed by atoms with Gasteiger partial charge in [-0.25, -0.2) is 0 Å². The third-order valence-corrected chi connectivity index (χ3v) is 11.4. The zero-order valence-corrected chi connectivity index (χ0v) is 31.3. The molecular formula is C33H68O13Si. The summed E-state index contributed by atoms with van der Waals surface area (Å²) in [6, 6.07) is 0. The zero-order valence-electron chi connectivity index (χ0n) is 30.3. The van der Waals surface area contributed by atoms with Gasteiger partial charge in [-0.3, -0.25) is 0 Å². The molecule has 0 spiro atoms. The van der Waals surface area contributed by atoms with Gasteiger partial charge in [0.1, 0.15) is 0 Å². The summed E-state index contributed by atoms with van der Waals surface area (Å²) in [7, 11) is -1.70. The van der Waals surface area contributed by atoms with Gasteiger partial charge in [0.05, 0.1) is 165 Å². The van der Waals surface area contributed by atoms with E-state index in [2.05, 4.69) is 40.4 Å². The summed E-state index contributed by atoms with van der Waals surface area (Å²) < 4.78 is 71.6. The van der Waals surface area contributed by atoms with Gasteiger partial charge in [-0.1, -0.05) is 26.8 Å². The van der Waals surface area contributed by atoms with Crippen molar-refractivity contribution in [2.75, 3.05) is 165 Å². The van der Waals surface area contributed by atoms with Gasteiger partial charge in [0.2, 0.25) is 0 Å². The maximum atomic E-state index is 6.08. The van der Waals surface area contributed by atoms with E-state index in [1.165, 1.54) is 0 Å². The lowest BCUT2D eigenvalue weighted by Gasteiger charge is -2.36. The van der Waals surface area contributed by atoms with Crippen LogP contribution < -0.4 is 0 Å². The fourth-order valence-corrected chi connectivity index (χ4v) is 4.18. The highest BCUT2D eigenvalue weighted by molar-refractivity contribution is 6.74. The maximum Gasteiger partial charge on any atom is 0.192 e. The standard InChI is InChI=1S/C33H68O13Si/c1-7-8-34-9-10-35-11-12-36-13-14-37-15-16-38-17-18-39-19-20-40-21-22-41-23-24-42-25-26-43-27-28-44-29-30-45-31-32-46-47(5,6)33(2,3)4/h7H,1,8-32H2,2-6H3. The number of ether oxygens (including phenoxy) is 12. The Morgan fingerprint density at radius 3 is 0.745 bits per heavy atom. The Bertz CT molecular complexity index is 638. The van der Waals surface area contributed by atoms with E-state index in [0.717, 1.165) is 0 Å². The summed E-state index contributed by atoms with van der Waals surface area (Å²) in [6.07, 6.45) is 1.71. The molecule has 0 rings (SSSR count). The van der Waals surface area contributed by atoms with Crippen LogP contribution in [0.5, 0.6) is 0 Å². The lowest BCUT2D eigenvalue weighted by atomic mass is 10.2. The molecule has 0 heterocycles. The molecule has 0 aliphatic carbocycles. The molecule has 0 N–H and O–H groups in total. The monoisotopic (exact) mass is 700 g/mol. The van der Waals surface area contributed by atoms with Crippen LogP contribution in [0, 0.1) is 0 Å². The van der Waals surface area contributed by atoms with Gasteiger partial charge in [-0.15, -0.1) is 6.58 Å². The molecule has 0 aliphatic rings. The van der Waals surface area contributed by atoms with E-state index in [9.17, 15) is 0 Å². The van der Waals surface area contributed by atoms with Crippen molar-refractivity contribution in [3.63, 3.8) is 0 Å². The minimum absolute atomic E-state index is 0.217. The average Bonchev–Trinajstić information content (AvgIpc) is 3.03. The Hall–Kier alpha value is -0.563. The predicted octanol–water partition coefficient (Wildman–Crippen LogP) is 3.39. The zero-order chi connectivity index (χ0) is 34.6. The first-order valence-electron chi connectivity index (χ1n) is 17.0. The van der Waals surface area contributed by atoms with Crippen LogP contribution >= 0.6 is 0 Å². The molecule has 0 aromatic rings. The molecular weight excluding hydrogens is 632 g/mol. The number of rotatable bonds is 39. The largest absolute Gasteiger partial charge is 0.414 e. The third-order valence-electron chi connectivity index (χ3n) is 6.82. The van der Waals surface area contributed by atoms with E-state index in [1.54, 1.807) is 6.08 Å². The molecule has 0 amide bonds. The molecule has 0 saturated heterocycles. The summed E-state index contributed by atoms with van der Waals surface area (Å²) in [5.74, 6) is 0. The van der Waals surface area contributed by atoms with Crippen LogP contribution in [0.4, 0.5) is 0 Å². The highest BCUT2D eigenvalue weighted by atomic mass is 28.4. The molecule has 0 saturated carbocycles. The summed E-state index contributed by atoms with van der Waals surface area (Å²) in [4.78, 5) is 0. The van der Waals surface area contributed by atoms with E-state index in [0.29, 0.717) is 165 Å². The van der Waals surface area contributed by atoms with Crippen LogP contribution in [-0.4, -0.2) is 173 Å². The van der Waals surface area contributed by atoms with Gasteiger partial charge in [0.25, 0.3) is 0 Å². The average molecular weight is 701 g/mol. The second kappa shape index (κ2) is 35.3. The molecule has 0 bridgehead atoms. The first-order chi connectivity index (χ1) is 22.8. The quantitative estimate of drug-likeness (QED) is 0.0530. The fourth-order valence-electron chi connectivity index (χ4n) is 3.16. The van der Waals surface area contributed by atoms with Gasteiger partial charge < -0.3 is 61.3 Å². The van der Waals surface area contributed by atoms with Crippen LogP contribution in [0.25, 0.3) is 0 Å². The molecule has 14 heteroatoms. The highest BCUT2D eigenvalue weighted by Gasteiger charge is 2.36. The summed E-state index contributed by atoms with van der Waals surface area (Å²) in [6.45, 7) is 28.1. The van der Waals surface area contributed by atoms with Crippen molar-refractivity contribution in [3.05, 3.63) is 12.7 Å². The molecule has 47 heavy (non-hydrogen) atoms. The molecule has 0 radical (unpaired) electrons. The van der Waals surface area contributed by atoms with E-state index in [4.69, 9.17) is 61.3 Å². The van der Waals surface area contributed by atoms with Gasteiger partial charge in [-0.05, 0) is 18.1 Å². The van der Waals surface area contributed by atoms with Crippen molar-refractivity contribution in [2.24, 2.45) is 0 Å². The Morgan fingerprint density at radius 1 is 0.362 bits per heavy atom. The van der Waals surface area contributed by atoms with Crippen LogP contribution in [0.2, 0.25) is 18.1 Å². The summed E-state index contributed by atoms with van der Waals surface area (Å²) in [5.41, 5.74) is 0. The minimum atomic E-state index is -1.70. The van der Waals surface area contributed by atoms with Crippen molar-refractivity contribution in [3.8, 4) is 0 Å². The van der Waals surface area contributed by atoms with E-state index < -0.39 is 8.32 Å². The normalized spacial score (nSPS) is 12.3.